The van der Waals surface area contributed by atoms with Gasteiger partial charge in [-0.3, -0.25) is 9.78 Å². The van der Waals surface area contributed by atoms with Crippen LogP contribution in [0.4, 0.5) is 4.39 Å². The second-order valence-electron chi connectivity index (χ2n) is 6.14. The van der Waals surface area contributed by atoms with Crippen LogP contribution in [0.3, 0.4) is 0 Å². The Morgan fingerprint density at radius 2 is 1.93 bits per heavy atom. The van der Waals surface area contributed by atoms with E-state index in [0.29, 0.717) is 29.1 Å². The van der Waals surface area contributed by atoms with Gasteiger partial charge in [-0.25, -0.2) is 4.39 Å². The Labute approximate surface area is 154 Å². The van der Waals surface area contributed by atoms with E-state index in [2.05, 4.69) is 10.1 Å². The molecule has 2 aromatic rings. The maximum absolute atomic E-state index is 13.2. The highest BCUT2D eigenvalue weighted by Gasteiger charge is 2.22. The first-order valence-corrected chi connectivity index (χ1v) is 8.56. The van der Waals surface area contributed by atoms with Crippen LogP contribution < -0.4 is 10.7 Å². The van der Waals surface area contributed by atoms with Crippen LogP contribution in [0.2, 0.25) is 0 Å². The van der Waals surface area contributed by atoms with E-state index < -0.39 is 5.82 Å². The van der Waals surface area contributed by atoms with E-state index in [9.17, 15) is 14.3 Å². The molecule has 0 atom stereocenters. The quantitative estimate of drug-likeness (QED) is 0.558. The summed E-state index contributed by atoms with van der Waals surface area (Å²) in [6.07, 6.45) is 2.15. The van der Waals surface area contributed by atoms with Gasteiger partial charge in [-0.2, -0.15) is 9.78 Å². The molecule has 1 aromatic heterocycles. The summed E-state index contributed by atoms with van der Waals surface area (Å²) in [6, 6.07) is 12.3. The molecule has 0 amide bonds. The lowest BCUT2D eigenvalue weighted by atomic mass is 10.1. The number of hydrogen-bond donors (Lipinski definition) is 0. The number of nitrogens with zero attached hydrogens (tertiary/aromatic N) is 4. The minimum atomic E-state index is -0.396. The van der Waals surface area contributed by atoms with Crippen molar-refractivity contribution in [3.8, 4) is 22.8 Å². The minimum absolute atomic E-state index is 0.242. The molecule has 0 unspecified atom stereocenters. The van der Waals surface area contributed by atoms with Gasteiger partial charge in [-0.05, 0) is 54.8 Å². The molecule has 2 aliphatic rings. The predicted molar refractivity (Wildman–Crippen MR) is 96.6 cm³/mol. The average molecular weight is 363 g/mol. The highest BCUT2D eigenvalue weighted by atomic mass is 19.1. The van der Waals surface area contributed by atoms with Gasteiger partial charge in [0, 0.05) is 11.9 Å². The van der Waals surface area contributed by atoms with Crippen molar-refractivity contribution in [1.29, 1.82) is 0 Å². The van der Waals surface area contributed by atoms with Gasteiger partial charge >= 0.3 is 0 Å². The molecule has 0 N–H and O–H groups in total. The summed E-state index contributed by atoms with van der Waals surface area (Å²) in [4.78, 5) is 17.2. The second-order valence-corrected chi connectivity index (χ2v) is 6.14. The molecular weight excluding hydrogens is 347 g/mol. The molecule has 27 heavy (non-hydrogen) atoms. The third-order valence-electron chi connectivity index (χ3n) is 4.46. The van der Waals surface area contributed by atoms with Gasteiger partial charge in [0.15, 0.2) is 0 Å². The van der Waals surface area contributed by atoms with Crippen LogP contribution in [0.1, 0.15) is 18.3 Å². The number of benzene rings is 1. The Bertz CT molecular complexity index is 1120. The molecule has 3 heterocycles. The fourth-order valence-electron chi connectivity index (χ4n) is 3.21. The third kappa shape index (κ3) is 2.97. The van der Waals surface area contributed by atoms with Crippen LogP contribution in [-0.4, -0.2) is 19.3 Å². The normalized spacial score (nSPS) is 11.2. The number of fused-ring (bicyclic) bond motifs is 1. The first-order chi connectivity index (χ1) is 13.1. The maximum Gasteiger partial charge on any atom is 0.282 e. The largest absolute Gasteiger partial charge is 0.860 e. The topological polar surface area (TPSA) is 75.8 Å². The molecule has 0 fully saturated rings. The molecule has 0 radical (unpaired) electrons. The third-order valence-corrected chi connectivity index (χ3v) is 4.46. The number of aromatic nitrogens is 4. The van der Waals surface area contributed by atoms with Crippen molar-refractivity contribution in [3.63, 3.8) is 0 Å². The predicted octanol–water partition coefficient (Wildman–Crippen LogP) is 2.36. The van der Waals surface area contributed by atoms with Gasteiger partial charge in [0.1, 0.15) is 5.82 Å². The van der Waals surface area contributed by atoms with Crippen molar-refractivity contribution >= 4 is 0 Å². The molecule has 4 rings (SSSR count). The van der Waals surface area contributed by atoms with Crippen LogP contribution in [0.25, 0.3) is 16.9 Å². The van der Waals surface area contributed by atoms with Gasteiger partial charge in [0.2, 0.25) is 0 Å². The summed E-state index contributed by atoms with van der Waals surface area (Å²) in [7, 11) is 0. The van der Waals surface area contributed by atoms with Crippen LogP contribution in [0.5, 0.6) is 5.88 Å². The van der Waals surface area contributed by atoms with E-state index in [1.807, 2.05) is 19.1 Å². The molecule has 0 spiro atoms. The van der Waals surface area contributed by atoms with Crippen molar-refractivity contribution in [3.05, 3.63) is 82.3 Å². The van der Waals surface area contributed by atoms with E-state index in [0.717, 1.165) is 5.69 Å². The first kappa shape index (κ1) is 17.0. The summed E-state index contributed by atoms with van der Waals surface area (Å²) >= 11 is 0. The first-order valence-electron chi connectivity index (χ1n) is 8.56. The molecule has 2 aliphatic heterocycles. The van der Waals surface area contributed by atoms with Crippen molar-refractivity contribution in [1.82, 2.24) is 19.3 Å². The standard InChI is InChI=1S/C20H17FN4O2/c1-2-17-19-16(11-18(26)24(17)12-14-5-3-4-10-22-14)23-25(20(19)27)15-8-6-13(21)7-9-15/h3-11,26H,2,12H2,1H3/p-1. The van der Waals surface area contributed by atoms with Crippen LogP contribution in [-0.2, 0) is 13.0 Å². The lowest BCUT2D eigenvalue weighted by Gasteiger charge is -2.23. The highest BCUT2D eigenvalue weighted by Crippen LogP contribution is 2.27. The van der Waals surface area contributed by atoms with E-state index >= 15 is 0 Å². The Hall–Kier alpha value is -3.48. The summed E-state index contributed by atoms with van der Waals surface area (Å²) in [6.45, 7) is 2.16. The van der Waals surface area contributed by atoms with Crippen LogP contribution >= 0.6 is 0 Å². The Morgan fingerprint density at radius 1 is 1.15 bits per heavy atom. The van der Waals surface area contributed by atoms with Crippen LogP contribution in [0, 0.1) is 5.82 Å². The average Bonchev–Trinajstić information content (AvgIpc) is 3.00. The smallest absolute Gasteiger partial charge is 0.282 e. The summed E-state index contributed by atoms with van der Waals surface area (Å²) in [5.41, 5.74) is 2.20. The summed E-state index contributed by atoms with van der Waals surface area (Å²) in [5.74, 6) is -0.638. The molecule has 6 nitrogen and oxygen atoms in total. The molecule has 136 valence electrons. The van der Waals surface area contributed by atoms with Crippen molar-refractivity contribution in [2.75, 3.05) is 0 Å². The SMILES string of the molecule is CCc1c2c(=O)n(-c3ccc(F)cc3)nc-2cc([O-])n1Cc1ccccn1. The number of pyridine rings is 2. The van der Waals surface area contributed by atoms with Crippen molar-refractivity contribution < 1.29 is 9.50 Å². The Kier molecular flexibility index (Phi) is 4.19. The van der Waals surface area contributed by atoms with E-state index in [1.54, 1.807) is 16.8 Å². The van der Waals surface area contributed by atoms with Gasteiger partial charge in [-0.1, -0.05) is 13.0 Å². The number of halogens is 1. The number of hydrogen-bond acceptors (Lipinski definition) is 4. The Balaban J connectivity index is 1.91. The fourth-order valence-corrected chi connectivity index (χ4v) is 3.21. The lowest BCUT2D eigenvalue weighted by Crippen LogP contribution is -2.20. The van der Waals surface area contributed by atoms with Gasteiger partial charge in [-0.15, -0.1) is 0 Å². The lowest BCUT2D eigenvalue weighted by molar-refractivity contribution is -0.279. The van der Waals surface area contributed by atoms with E-state index in [-0.39, 0.29) is 18.0 Å². The summed E-state index contributed by atoms with van der Waals surface area (Å²) < 4.78 is 15.9. The van der Waals surface area contributed by atoms with E-state index in [4.69, 9.17) is 0 Å². The van der Waals surface area contributed by atoms with Crippen LogP contribution in [0.15, 0.2) is 59.5 Å². The van der Waals surface area contributed by atoms with Gasteiger partial charge in [0.25, 0.3) is 5.56 Å². The summed E-state index contributed by atoms with van der Waals surface area (Å²) in [5, 5.41) is 16.9. The molecule has 1 aromatic carbocycles. The Morgan fingerprint density at radius 3 is 2.59 bits per heavy atom. The molecule has 0 saturated heterocycles. The molecular formula is C20H16FN4O2-. The maximum atomic E-state index is 13.2. The van der Waals surface area contributed by atoms with Gasteiger partial charge in [0.05, 0.1) is 29.2 Å². The zero-order chi connectivity index (χ0) is 19.0. The van der Waals surface area contributed by atoms with E-state index in [1.165, 1.54) is 35.0 Å². The minimum Gasteiger partial charge on any atom is -0.860 e. The number of rotatable bonds is 4. The highest BCUT2D eigenvalue weighted by molar-refractivity contribution is 5.65. The molecule has 7 heteroatoms. The monoisotopic (exact) mass is 363 g/mol. The van der Waals surface area contributed by atoms with Crippen molar-refractivity contribution in [2.24, 2.45) is 0 Å². The van der Waals surface area contributed by atoms with Gasteiger partial charge < -0.3 is 9.67 Å². The zero-order valence-corrected chi connectivity index (χ0v) is 14.6. The molecule has 0 bridgehead atoms. The fraction of sp³-hybridized carbons (Fsp3) is 0.150. The molecule has 0 saturated carbocycles. The zero-order valence-electron chi connectivity index (χ0n) is 14.6. The van der Waals surface area contributed by atoms with Crippen molar-refractivity contribution in [2.45, 2.75) is 19.9 Å². The molecule has 0 aliphatic carbocycles. The second kappa shape index (κ2) is 6.68.